The second kappa shape index (κ2) is 6.77. The molecule has 0 aliphatic heterocycles. The molecule has 100 valence electrons. The molecule has 0 fully saturated rings. The Morgan fingerprint density at radius 2 is 1.83 bits per heavy atom. The van der Waals surface area contributed by atoms with Crippen molar-refractivity contribution >= 4 is 5.78 Å². The van der Waals surface area contributed by atoms with Crippen molar-refractivity contribution in [3.63, 3.8) is 0 Å². The van der Waals surface area contributed by atoms with Crippen LogP contribution in [0.1, 0.15) is 74.2 Å². The predicted molar refractivity (Wildman–Crippen MR) is 75.1 cm³/mol. The Morgan fingerprint density at radius 1 is 1.06 bits per heavy atom. The average Bonchev–Trinajstić information content (AvgIpc) is 2.70. The summed E-state index contributed by atoms with van der Waals surface area (Å²) in [6.45, 7) is 3.32. The first kappa shape index (κ1) is 13.4. The van der Waals surface area contributed by atoms with Gasteiger partial charge in [0, 0.05) is 30.9 Å². The number of fused-ring (bicyclic) bond motifs is 1. The fourth-order valence-electron chi connectivity index (χ4n) is 2.77. The van der Waals surface area contributed by atoms with Crippen LogP contribution in [-0.2, 0) is 13.0 Å². The maximum atomic E-state index is 11.9. The second-order valence-corrected chi connectivity index (χ2v) is 5.48. The Morgan fingerprint density at radius 3 is 2.67 bits per heavy atom. The van der Waals surface area contributed by atoms with Gasteiger partial charge in [0.1, 0.15) is 0 Å². The quantitative estimate of drug-likeness (QED) is 0.540. The Bertz CT molecular complexity index is 392. The number of hydrogen-bond acceptors (Lipinski definition) is 1. The summed E-state index contributed by atoms with van der Waals surface area (Å²) < 4.78 is 2.24. The van der Waals surface area contributed by atoms with Gasteiger partial charge in [-0.15, -0.1) is 0 Å². The Hall–Kier alpha value is -1.05. The van der Waals surface area contributed by atoms with E-state index in [9.17, 15) is 4.79 Å². The summed E-state index contributed by atoms with van der Waals surface area (Å²) in [5.74, 6) is 0.354. The molecule has 0 amide bonds. The van der Waals surface area contributed by atoms with Gasteiger partial charge in [-0.2, -0.15) is 0 Å². The van der Waals surface area contributed by atoms with E-state index in [1.807, 2.05) is 0 Å². The summed E-state index contributed by atoms with van der Waals surface area (Å²) in [6, 6.07) is 0. The molecule has 0 radical (unpaired) electrons. The largest absolute Gasteiger partial charge is 0.353 e. The number of unbranched alkanes of at least 4 members (excludes halogenated alkanes) is 4. The summed E-state index contributed by atoms with van der Waals surface area (Å²) in [5, 5.41) is 0. The molecule has 1 aliphatic carbocycles. The van der Waals surface area contributed by atoms with E-state index in [2.05, 4.69) is 23.9 Å². The van der Waals surface area contributed by atoms with Crippen LogP contribution in [0.3, 0.4) is 0 Å². The van der Waals surface area contributed by atoms with Gasteiger partial charge in [0.25, 0.3) is 0 Å². The third-order valence-electron chi connectivity index (χ3n) is 3.88. The van der Waals surface area contributed by atoms with Gasteiger partial charge in [0.2, 0.25) is 0 Å². The van der Waals surface area contributed by atoms with Crippen LogP contribution in [0.2, 0.25) is 0 Å². The van der Waals surface area contributed by atoms with Crippen molar-refractivity contribution in [3.8, 4) is 0 Å². The van der Waals surface area contributed by atoms with Gasteiger partial charge in [0.05, 0.1) is 0 Å². The van der Waals surface area contributed by atoms with E-state index in [1.54, 1.807) is 0 Å². The molecule has 1 heterocycles. The van der Waals surface area contributed by atoms with E-state index in [1.165, 1.54) is 44.1 Å². The summed E-state index contributed by atoms with van der Waals surface area (Å²) >= 11 is 0. The van der Waals surface area contributed by atoms with Crippen molar-refractivity contribution in [2.24, 2.45) is 0 Å². The number of rotatable bonds is 6. The second-order valence-electron chi connectivity index (χ2n) is 5.48. The highest BCUT2D eigenvalue weighted by Gasteiger charge is 2.17. The van der Waals surface area contributed by atoms with Gasteiger partial charge in [0.15, 0.2) is 5.78 Å². The van der Waals surface area contributed by atoms with Crippen LogP contribution < -0.4 is 0 Å². The highest BCUT2D eigenvalue weighted by atomic mass is 16.1. The molecular weight excluding hydrogens is 222 g/mol. The van der Waals surface area contributed by atoms with Crippen molar-refractivity contribution in [1.82, 2.24) is 4.57 Å². The molecule has 0 N–H and O–H groups in total. The van der Waals surface area contributed by atoms with Crippen molar-refractivity contribution in [1.29, 1.82) is 0 Å². The predicted octanol–water partition coefficient (Wildman–Crippen LogP) is 4.37. The first-order valence-electron chi connectivity index (χ1n) is 7.53. The molecule has 1 aromatic heterocycles. The van der Waals surface area contributed by atoms with Crippen LogP contribution in [0, 0.1) is 0 Å². The van der Waals surface area contributed by atoms with Gasteiger partial charge < -0.3 is 4.57 Å². The molecule has 18 heavy (non-hydrogen) atoms. The Labute approximate surface area is 110 Å². The fraction of sp³-hybridized carbons (Fsp3) is 0.688. The highest BCUT2D eigenvalue weighted by Crippen LogP contribution is 2.21. The van der Waals surface area contributed by atoms with Crippen molar-refractivity contribution in [3.05, 3.63) is 23.5 Å². The summed E-state index contributed by atoms with van der Waals surface area (Å²) in [7, 11) is 0. The number of aromatic nitrogens is 1. The first-order valence-corrected chi connectivity index (χ1v) is 7.53. The van der Waals surface area contributed by atoms with E-state index in [4.69, 9.17) is 0 Å². The molecule has 0 saturated carbocycles. The van der Waals surface area contributed by atoms with Gasteiger partial charge in [-0.25, -0.2) is 0 Å². The monoisotopic (exact) mass is 247 g/mol. The topological polar surface area (TPSA) is 22.0 Å². The van der Waals surface area contributed by atoms with Gasteiger partial charge >= 0.3 is 0 Å². The Kier molecular flexibility index (Phi) is 5.03. The summed E-state index contributed by atoms with van der Waals surface area (Å²) in [6.07, 6.45) is 14.9. The van der Waals surface area contributed by atoms with E-state index in [0.29, 0.717) is 5.78 Å². The van der Waals surface area contributed by atoms with E-state index >= 15 is 0 Å². The fourth-order valence-corrected chi connectivity index (χ4v) is 2.77. The molecule has 0 unspecified atom stereocenters. The number of aryl methyl sites for hydroxylation is 2. The van der Waals surface area contributed by atoms with Crippen molar-refractivity contribution in [2.75, 3.05) is 0 Å². The first-order chi connectivity index (χ1) is 8.81. The van der Waals surface area contributed by atoms with Crippen LogP contribution >= 0.6 is 0 Å². The molecule has 0 atom stereocenters. The molecule has 2 rings (SSSR count). The Balaban J connectivity index is 1.87. The lowest BCUT2D eigenvalue weighted by Crippen LogP contribution is -1.98. The maximum absolute atomic E-state index is 11.9. The van der Waals surface area contributed by atoms with E-state index in [-0.39, 0.29) is 0 Å². The molecule has 1 aliphatic rings. The smallest absolute Gasteiger partial charge is 0.164 e. The minimum atomic E-state index is 0.354. The lowest BCUT2D eigenvalue weighted by molar-refractivity contribution is 0.0982. The average molecular weight is 247 g/mol. The lowest BCUT2D eigenvalue weighted by atomic mass is 10.1. The summed E-state index contributed by atoms with van der Waals surface area (Å²) in [5.41, 5.74) is 2.28. The zero-order valence-corrected chi connectivity index (χ0v) is 11.6. The maximum Gasteiger partial charge on any atom is 0.164 e. The highest BCUT2D eigenvalue weighted by molar-refractivity contribution is 5.97. The number of ketones is 1. The molecule has 0 saturated heterocycles. The lowest BCUT2D eigenvalue weighted by Gasteiger charge is -2.02. The third kappa shape index (κ3) is 3.47. The zero-order chi connectivity index (χ0) is 12.8. The van der Waals surface area contributed by atoms with Crippen LogP contribution in [-0.4, -0.2) is 10.4 Å². The number of hydrogen-bond donors (Lipinski definition) is 0. The number of carbonyl (C=O) groups is 1. The molecule has 1 aromatic rings. The number of nitrogens with zero attached hydrogens (tertiary/aromatic N) is 1. The third-order valence-corrected chi connectivity index (χ3v) is 3.88. The minimum Gasteiger partial charge on any atom is -0.353 e. The van der Waals surface area contributed by atoms with Crippen molar-refractivity contribution in [2.45, 2.75) is 71.3 Å². The molecule has 2 heteroatoms. The van der Waals surface area contributed by atoms with Crippen LogP contribution in [0.4, 0.5) is 0 Å². The number of Topliss-reactive ketones (excluding diaryl/α,β-unsaturated/α-hetero) is 1. The van der Waals surface area contributed by atoms with Crippen LogP contribution in [0.5, 0.6) is 0 Å². The molecular formula is C16H25NO. The normalized spacial score (nSPS) is 15.5. The van der Waals surface area contributed by atoms with Crippen LogP contribution in [0.15, 0.2) is 12.4 Å². The van der Waals surface area contributed by atoms with E-state index in [0.717, 1.165) is 31.4 Å². The molecule has 2 nitrogen and oxygen atoms in total. The van der Waals surface area contributed by atoms with Gasteiger partial charge in [-0.1, -0.05) is 32.6 Å². The standard InChI is InChI=1S/C16H25NO/c1-2-3-4-5-8-11-17-12-14-9-6-7-10-16(18)15(14)13-17/h12-13H,2-11H2,1H3. The van der Waals surface area contributed by atoms with E-state index < -0.39 is 0 Å². The molecule has 0 aromatic carbocycles. The van der Waals surface area contributed by atoms with Gasteiger partial charge in [-0.05, 0) is 31.2 Å². The van der Waals surface area contributed by atoms with Gasteiger partial charge in [-0.3, -0.25) is 4.79 Å². The molecule has 0 bridgehead atoms. The minimum absolute atomic E-state index is 0.354. The molecule has 0 spiro atoms. The zero-order valence-electron chi connectivity index (χ0n) is 11.6. The van der Waals surface area contributed by atoms with Crippen molar-refractivity contribution < 1.29 is 4.79 Å². The SMILES string of the molecule is CCCCCCCn1cc2c(c1)C(=O)CCCC2. The van der Waals surface area contributed by atoms with Crippen LogP contribution in [0.25, 0.3) is 0 Å². The summed E-state index contributed by atoms with van der Waals surface area (Å²) in [4.78, 5) is 11.9. The number of carbonyl (C=O) groups excluding carboxylic acids is 1.